The third-order valence-electron chi connectivity index (χ3n) is 2.50. The Labute approximate surface area is 115 Å². The fourth-order valence-electron chi connectivity index (χ4n) is 1.73. The summed E-state index contributed by atoms with van der Waals surface area (Å²) in [6.07, 6.45) is 0. The first-order valence-corrected chi connectivity index (χ1v) is 6.93. The number of hydrogen-bond acceptors (Lipinski definition) is 6. The minimum Gasteiger partial charge on any atom is -0.363 e. The van der Waals surface area contributed by atoms with Crippen molar-refractivity contribution in [1.82, 2.24) is 20.0 Å². The molecular formula is C12H17N5OS. The summed E-state index contributed by atoms with van der Waals surface area (Å²) in [5, 5.41) is 16.5. The Hall–Kier alpha value is -1.76. The quantitative estimate of drug-likeness (QED) is 0.923. The van der Waals surface area contributed by atoms with Crippen molar-refractivity contribution in [3.05, 3.63) is 22.1 Å². The van der Waals surface area contributed by atoms with Crippen LogP contribution >= 0.6 is 11.3 Å². The zero-order valence-electron chi connectivity index (χ0n) is 11.5. The summed E-state index contributed by atoms with van der Waals surface area (Å²) in [6, 6.07) is 1.76. The maximum Gasteiger partial charge on any atom is 0.277 e. The van der Waals surface area contributed by atoms with Crippen molar-refractivity contribution in [2.75, 3.05) is 12.4 Å². The Morgan fingerprint density at radius 1 is 1.42 bits per heavy atom. The summed E-state index contributed by atoms with van der Waals surface area (Å²) in [5.74, 6) is 0.363. The highest BCUT2D eigenvalue weighted by Gasteiger charge is 2.14. The number of anilines is 1. The summed E-state index contributed by atoms with van der Waals surface area (Å²) in [4.78, 5) is 12.4. The van der Waals surface area contributed by atoms with Crippen LogP contribution in [0.1, 0.15) is 19.5 Å². The summed E-state index contributed by atoms with van der Waals surface area (Å²) in [7, 11) is 1.78. The van der Waals surface area contributed by atoms with Crippen molar-refractivity contribution < 1.29 is 0 Å². The van der Waals surface area contributed by atoms with E-state index in [1.807, 2.05) is 6.92 Å². The van der Waals surface area contributed by atoms with Gasteiger partial charge in [0.1, 0.15) is 0 Å². The van der Waals surface area contributed by atoms with Gasteiger partial charge in [-0.15, -0.1) is 10.2 Å². The van der Waals surface area contributed by atoms with Crippen LogP contribution in [-0.4, -0.2) is 27.0 Å². The third-order valence-corrected chi connectivity index (χ3v) is 3.48. The van der Waals surface area contributed by atoms with Crippen LogP contribution in [0.3, 0.4) is 0 Å². The molecule has 0 unspecified atom stereocenters. The van der Waals surface area contributed by atoms with Gasteiger partial charge in [0.25, 0.3) is 5.56 Å². The molecule has 0 bridgehead atoms. The van der Waals surface area contributed by atoms with Gasteiger partial charge in [-0.25, -0.2) is 4.68 Å². The fourth-order valence-corrected chi connectivity index (χ4v) is 2.43. The molecule has 7 heteroatoms. The number of nitrogens with zero attached hydrogens (tertiary/aromatic N) is 4. The van der Waals surface area contributed by atoms with Crippen molar-refractivity contribution in [3.8, 4) is 10.6 Å². The molecular weight excluding hydrogens is 262 g/mol. The van der Waals surface area contributed by atoms with E-state index in [9.17, 15) is 4.79 Å². The molecule has 2 aromatic rings. The van der Waals surface area contributed by atoms with E-state index in [0.29, 0.717) is 28.2 Å². The second kappa shape index (κ2) is 5.48. The fraction of sp³-hybridized carbons (Fsp3) is 0.500. The SMILES string of the molecule is CNc1nnc(-c2cc(C)nn(CC(C)C)c2=O)s1. The van der Waals surface area contributed by atoms with Gasteiger partial charge >= 0.3 is 0 Å². The molecule has 0 spiro atoms. The Morgan fingerprint density at radius 3 is 2.74 bits per heavy atom. The van der Waals surface area contributed by atoms with Crippen molar-refractivity contribution in [1.29, 1.82) is 0 Å². The van der Waals surface area contributed by atoms with Crippen molar-refractivity contribution in [2.45, 2.75) is 27.3 Å². The Balaban J connectivity index is 2.51. The lowest BCUT2D eigenvalue weighted by atomic mass is 10.2. The Bertz CT molecular complexity index is 631. The van der Waals surface area contributed by atoms with E-state index in [4.69, 9.17) is 0 Å². The molecule has 2 rings (SSSR count). The van der Waals surface area contributed by atoms with Crippen LogP contribution in [0.25, 0.3) is 10.6 Å². The van der Waals surface area contributed by atoms with Crippen molar-refractivity contribution >= 4 is 16.5 Å². The Kier molecular flexibility index (Phi) is 3.94. The van der Waals surface area contributed by atoms with Gasteiger partial charge < -0.3 is 5.32 Å². The highest BCUT2D eigenvalue weighted by atomic mass is 32.1. The number of aryl methyl sites for hydroxylation is 1. The highest BCUT2D eigenvalue weighted by Crippen LogP contribution is 2.23. The van der Waals surface area contributed by atoms with Crippen molar-refractivity contribution in [3.63, 3.8) is 0 Å². The molecule has 19 heavy (non-hydrogen) atoms. The first kappa shape index (κ1) is 13.7. The van der Waals surface area contributed by atoms with E-state index in [0.717, 1.165) is 5.69 Å². The standard InChI is InChI=1S/C12H17N5OS/c1-7(2)6-17-11(18)9(5-8(3)16-17)10-14-15-12(13-4)19-10/h5,7H,6H2,1-4H3,(H,13,15). The third kappa shape index (κ3) is 2.98. The van der Waals surface area contributed by atoms with Crippen LogP contribution in [-0.2, 0) is 6.54 Å². The first-order chi connectivity index (χ1) is 9.01. The monoisotopic (exact) mass is 279 g/mol. The molecule has 0 amide bonds. The maximum atomic E-state index is 12.4. The summed E-state index contributed by atoms with van der Waals surface area (Å²) < 4.78 is 1.51. The molecule has 0 fully saturated rings. The molecule has 0 aliphatic carbocycles. The second-order valence-electron chi connectivity index (χ2n) is 4.74. The average Bonchev–Trinajstić information content (AvgIpc) is 2.81. The summed E-state index contributed by atoms with van der Waals surface area (Å²) in [5.41, 5.74) is 1.25. The van der Waals surface area contributed by atoms with Crippen LogP contribution in [0.2, 0.25) is 0 Å². The van der Waals surface area contributed by atoms with E-state index >= 15 is 0 Å². The molecule has 0 atom stereocenters. The molecule has 1 N–H and O–H groups in total. The number of rotatable bonds is 4. The number of aromatic nitrogens is 4. The smallest absolute Gasteiger partial charge is 0.277 e. The summed E-state index contributed by atoms with van der Waals surface area (Å²) in [6.45, 7) is 6.59. The molecule has 2 heterocycles. The average molecular weight is 279 g/mol. The lowest BCUT2D eigenvalue weighted by molar-refractivity contribution is 0.461. The van der Waals surface area contributed by atoms with Crippen LogP contribution in [0.4, 0.5) is 5.13 Å². The number of hydrogen-bond donors (Lipinski definition) is 1. The van der Waals surface area contributed by atoms with Gasteiger partial charge in [-0.1, -0.05) is 25.2 Å². The van der Waals surface area contributed by atoms with Gasteiger partial charge in [-0.05, 0) is 18.9 Å². The molecule has 0 aliphatic rings. The van der Waals surface area contributed by atoms with E-state index in [2.05, 4.69) is 34.5 Å². The van der Waals surface area contributed by atoms with E-state index < -0.39 is 0 Å². The lowest BCUT2D eigenvalue weighted by Gasteiger charge is -2.09. The second-order valence-corrected chi connectivity index (χ2v) is 5.72. The van der Waals surface area contributed by atoms with Gasteiger partial charge in [-0.2, -0.15) is 5.10 Å². The van der Waals surface area contributed by atoms with Crippen LogP contribution in [0.15, 0.2) is 10.9 Å². The van der Waals surface area contributed by atoms with E-state index in [1.54, 1.807) is 13.1 Å². The zero-order valence-corrected chi connectivity index (χ0v) is 12.3. The molecule has 0 saturated carbocycles. The summed E-state index contributed by atoms with van der Waals surface area (Å²) >= 11 is 1.36. The number of nitrogens with one attached hydrogen (secondary N) is 1. The van der Waals surface area contributed by atoms with E-state index in [-0.39, 0.29) is 5.56 Å². The normalized spacial score (nSPS) is 11.0. The predicted molar refractivity (Wildman–Crippen MR) is 76.5 cm³/mol. The molecule has 0 radical (unpaired) electrons. The topological polar surface area (TPSA) is 72.7 Å². The van der Waals surface area contributed by atoms with Crippen LogP contribution in [0.5, 0.6) is 0 Å². The molecule has 102 valence electrons. The van der Waals surface area contributed by atoms with Gasteiger partial charge in [-0.3, -0.25) is 4.79 Å². The van der Waals surface area contributed by atoms with Gasteiger partial charge in [0.15, 0.2) is 5.01 Å². The maximum absolute atomic E-state index is 12.4. The molecule has 0 aromatic carbocycles. The van der Waals surface area contributed by atoms with Gasteiger partial charge in [0.05, 0.1) is 11.3 Å². The minimum absolute atomic E-state index is 0.113. The molecule has 2 aromatic heterocycles. The van der Waals surface area contributed by atoms with Gasteiger partial charge in [0.2, 0.25) is 5.13 Å². The zero-order chi connectivity index (χ0) is 14.0. The van der Waals surface area contributed by atoms with E-state index in [1.165, 1.54) is 16.0 Å². The molecule has 0 saturated heterocycles. The highest BCUT2D eigenvalue weighted by molar-refractivity contribution is 7.18. The van der Waals surface area contributed by atoms with Crippen molar-refractivity contribution in [2.24, 2.45) is 5.92 Å². The lowest BCUT2D eigenvalue weighted by Crippen LogP contribution is -2.27. The van der Waals surface area contributed by atoms with Crippen LogP contribution < -0.4 is 10.9 Å². The minimum atomic E-state index is -0.113. The van der Waals surface area contributed by atoms with Crippen LogP contribution in [0, 0.1) is 12.8 Å². The predicted octanol–water partition coefficient (Wildman–Crippen LogP) is 1.77. The molecule has 0 aliphatic heterocycles. The molecule has 6 nitrogen and oxygen atoms in total. The van der Waals surface area contributed by atoms with Gasteiger partial charge in [0, 0.05) is 13.6 Å². The first-order valence-electron chi connectivity index (χ1n) is 6.11. The largest absolute Gasteiger partial charge is 0.363 e. The Morgan fingerprint density at radius 2 is 2.16 bits per heavy atom.